The van der Waals surface area contributed by atoms with Gasteiger partial charge in [-0.3, -0.25) is 4.79 Å². The fraction of sp³-hybridized carbons (Fsp3) is 0.273. The van der Waals surface area contributed by atoms with Gasteiger partial charge in [0.2, 0.25) is 0 Å². The van der Waals surface area contributed by atoms with Gasteiger partial charge in [-0.2, -0.15) is 0 Å². The molecule has 0 aromatic heterocycles. The van der Waals surface area contributed by atoms with Crippen molar-refractivity contribution in [3.8, 4) is 5.75 Å². The Morgan fingerprint density at radius 1 is 1.41 bits per heavy atom. The molecule has 5 nitrogen and oxygen atoms in total. The lowest BCUT2D eigenvalue weighted by atomic mass is 10.3. The molecule has 1 rings (SSSR count). The van der Waals surface area contributed by atoms with Crippen molar-refractivity contribution in [3.63, 3.8) is 0 Å². The minimum Gasteiger partial charge on any atom is -0.497 e. The highest BCUT2D eigenvalue weighted by Crippen LogP contribution is 2.20. The molecule has 1 aromatic rings. The van der Waals surface area contributed by atoms with Crippen LogP contribution in [0.4, 0.5) is 10.1 Å². The number of halogens is 1. The summed E-state index contributed by atoms with van der Waals surface area (Å²) in [6.45, 7) is 1.64. The fourth-order valence-electron chi connectivity index (χ4n) is 1.10. The Balaban J connectivity index is 2.80. The van der Waals surface area contributed by atoms with Gasteiger partial charge in [0, 0.05) is 6.07 Å². The fourth-order valence-corrected chi connectivity index (χ4v) is 1.10. The number of methoxy groups -OCH3 is 1. The predicted octanol–water partition coefficient (Wildman–Crippen LogP) is 1.34. The van der Waals surface area contributed by atoms with E-state index in [1.807, 2.05) is 0 Å². The third-order valence-electron chi connectivity index (χ3n) is 1.88. The maximum Gasteiger partial charge on any atom is 0.397 e. The number of rotatable bonds is 3. The first kappa shape index (κ1) is 13.0. The second kappa shape index (κ2) is 5.83. The lowest BCUT2D eigenvalue weighted by molar-refractivity contribution is -0.152. The van der Waals surface area contributed by atoms with Crippen LogP contribution in [0.1, 0.15) is 6.92 Å². The van der Waals surface area contributed by atoms with Crippen molar-refractivity contribution in [2.45, 2.75) is 6.92 Å². The minimum atomic E-state index is -1.06. The van der Waals surface area contributed by atoms with E-state index < -0.39 is 17.7 Å². The van der Waals surface area contributed by atoms with Crippen LogP contribution < -0.4 is 10.1 Å². The van der Waals surface area contributed by atoms with Crippen LogP contribution in [0.15, 0.2) is 18.2 Å². The molecule has 0 fully saturated rings. The number of anilines is 1. The molecule has 1 N–H and O–H groups in total. The van der Waals surface area contributed by atoms with Crippen molar-refractivity contribution in [3.05, 3.63) is 24.0 Å². The summed E-state index contributed by atoms with van der Waals surface area (Å²) in [7, 11) is 1.41. The number of carbonyl (C=O) groups is 2. The highest BCUT2D eigenvalue weighted by molar-refractivity contribution is 6.37. The second-order valence-corrected chi connectivity index (χ2v) is 3.02. The first-order valence-electron chi connectivity index (χ1n) is 4.90. The van der Waals surface area contributed by atoms with Gasteiger partial charge in [-0.1, -0.05) is 0 Å². The van der Waals surface area contributed by atoms with Gasteiger partial charge in [0.15, 0.2) is 0 Å². The van der Waals surface area contributed by atoms with E-state index in [1.54, 1.807) is 6.92 Å². The largest absolute Gasteiger partial charge is 0.497 e. The molecule has 0 atom stereocenters. The number of hydrogen-bond donors (Lipinski definition) is 1. The summed E-state index contributed by atoms with van der Waals surface area (Å²) < 4.78 is 22.6. The molecule has 0 aliphatic carbocycles. The molecule has 1 amide bonds. The van der Waals surface area contributed by atoms with Crippen LogP contribution >= 0.6 is 0 Å². The number of amides is 1. The van der Waals surface area contributed by atoms with Crippen molar-refractivity contribution in [1.29, 1.82) is 0 Å². The smallest absolute Gasteiger partial charge is 0.397 e. The van der Waals surface area contributed by atoms with Crippen molar-refractivity contribution in [2.24, 2.45) is 0 Å². The summed E-state index contributed by atoms with van der Waals surface area (Å²) in [5.74, 6) is -2.39. The number of ether oxygens (including phenoxy) is 2. The highest BCUT2D eigenvalue weighted by atomic mass is 19.1. The molecule has 6 heteroatoms. The molecule has 92 valence electrons. The summed E-state index contributed by atoms with van der Waals surface area (Å²) in [4.78, 5) is 22.3. The van der Waals surface area contributed by atoms with E-state index in [9.17, 15) is 14.0 Å². The number of benzene rings is 1. The van der Waals surface area contributed by atoms with E-state index in [4.69, 9.17) is 4.74 Å². The standard InChI is InChI=1S/C11H12FNO4/c1-3-17-11(15)10(14)13-9-6-7(16-2)4-5-8(9)12/h4-6H,3H2,1-2H3,(H,13,14). The Bertz CT molecular complexity index is 433. The number of nitrogens with one attached hydrogen (secondary N) is 1. The summed E-state index contributed by atoms with van der Waals surface area (Å²) in [5, 5.41) is 2.10. The monoisotopic (exact) mass is 241 g/mol. The van der Waals surface area contributed by atoms with E-state index in [2.05, 4.69) is 10.1 Å². The Morgan fingerprint density at radius 3 is 2.71 bits per heavy atom. The summed E-state index contributed by atoms with van der Waals surface area (Å²) >= 11 is 0. The Morgan fingerprint density at radius 2 is 2.12 bits per heavy atom. The molecule has 0 saturated heterocycles. The van der Waals surface area contributed by atoms with Crippen molar-refractivity contribution >= 4 is 17.6 Å². The zero-order valence-corrected chi connectivity index (χ0v) is 9.45. The average molecular weight is 241 g/mol. The maximum atomic E-state index is 13.3. The van der Waals surface area contributed by atoms with Gasteiger partial charge in [-0.15, -0.1) is 0 Å². The summed E-state index contributed by atoms with van der Waals surface area (Å²) in [6, 6.07) is 3.79. The molecule has 0 saturated carbocycles. The van der Waals surface area contributed by atoms with Crippen LogP contribution in [0.25, 0.3) is 0 Å². The summed E-state index contributed by atoms with van der Waals surface area (Å²) in [5.41, 5.74) is -0.137. The van der Waals surface area contributed by atoms with Crippen molar-refractivity contribution in [1.82, 2.24) is 0 Å². The molecule has 0 spiro atoms. The van der Waals surface area contributed by atoms with Crippen LogP contribution in [-0.2, 0) is 14.3 Å². The molecular formula is C11H12FNO4. The minimum absolute atomic E-state index is 0.0762. The summed E-state index contributed by atoms with van der Waals surface area (Å²) in [6.07, 6.45) is 0. The molecule has 0 heterocycles. The van der Waals surface area contributed by atoms with Gasteiger partial charge in [-0.25, -0.2) is 9.18 Å². The van der Waals surface area contributed by atoms with Gasteiger partial charge < -0.3 is 14.8 Å². The maximum absolute atomic E-state index is 13.3. The van der Waals surface area contributed by atoms with E-state index in [0.29, 0.717) is 5.75 Å². The SMILES string of the molecule is CCOC(=O)C(=O)Nc1cc(OC)ccc1F. The zero-order chi connectivity index (χ0) is 12.8. The number of esters is 1. The van der Waals surface area contributed by atoms with E-state index in [1.165, 1.54) is 19.2 Å². The van der Waals surface area contributed by atoms with Crippen LogP contribution in [0.2, 0.25) is 0 Å². The predicted molar refractivity (Wildman–Crippen MR) is 58.2 cm³/mol. The number of carbonyl (C=O) groups excluding carboxylic acids is 2. The lowest BCUT2D eigenvalue weighted by Gasteiger charge is -2.07. The third kappa shape index (κ3) is 3.44. The topological polar surface area (TPSA) is 64.6 Å². The molecular weight excluding hydrogens is 229 g/mol. The third-order valence-corrected chi connectivity index (χ3v) is 1.88. The van der Waals surface area contributed by atoms with Crippen LogP contribution in [0.3, 0.4) is 0 Å². The van der Waals surface area contributed by atoms with Crippen molar-refractivity contribution < 1.29 is 23.5 Å². The molecule has 0 bridgehead atoms. The van der Waals surface area contributed by atoms with E-state index >= 15 is 0 Å². The first-order valence-corrected chi connectivity index (χ1v) is 4.90. The Labute approximate surface area is 97.5 Å². The van der Waals surface area contributed by atoms with Gasteiger partial charge in [0.05, 0.1) is 19.4 Å². The quantitative estimate of drug-likeness (QED) is 0.640. The Kier molecular flexibility index (Phi) is 4.45. The van der Waals surface area contributed by atoms with Gasteiger partial charge >= 0.3 is 11.9 Å². The van der Waals surface area contributed by atoms with Gasteiger partial charge in [-0.05, 0) is 19.1 Å². The lowest BCUT2D eigenvalue weighted by Crippen LogP contribution is -2.25. The highest BCUT2D eigenvalue weighted by Gasteiger charge is 2.16. The normalized spacial score (nSPS) is 9.59. The van der Waals surface area contributed by atoms with Gasteiger partial charge in [0.1, 0.15) is 11.6 Å². The first-order chi connectivity index (χ1) is 8.08. The molecule has 0 unspecified atom stereocenters. The van der Waals surface area contributed by atoms with Crippen molar-refractivity contribution in [2.75, 3.05) is 19.0 Å². The molecule has 0 radical (unpaired) electrons. The van der Waals surface area contributed by atoms with Crippen LogP contribution in [0.5, 0.6) is 5.75 Å². The molecule has 17 heavy (non-hydrogen) atoms. The zero-order valence-electron chi connectivity index (χ0n) is 9.45. The van der Waals surface area contributed by atoms with Crippen LogP contribution in [0, 0.1) is 5.82 Å². The number of hydrogen-bond acceptors (Lipinski definition) is 4. The van der Waals surface area contributed by atoms with E-state index in [-0.39, 0.29) is 12.3 Å². The second-order valence-electron chi connectivity index (χ2n) is 3.02. The molecule has 1 aromatic carbocycles. The average Bonchev–Trinajstić information content (AvgIpc) is 2.32. The molecule has 0 aliphatic heterocycles. The van der Waals surface area contributed by atoms with Gasteiger partial charge in [0.25, 0.3) is 0 Å². The molecule has 0 aliphatic rings. The van der Waals surface area contributed by atoms with E-state index in [0.717, 1.165) is 6.07 Å². The van der Waals surface area contributed by atoms with Crippen LogP contribution in [-0.4, -0.2) is 25.6 Å². The Hall–Kier alpha value is -2.11.